The van der Waals surface area contributed by atoms with Gasteiger partial charge in [0.2, 0.25) is 5.88 Å². The van der Waals surface area contributed by atoms with E-state index in [1.54, 1.807) is 20.2 Å². The van der Waals surface area contributed by atoms with E-state index in [4.69, 9.17) is 9.47 Å². The summed E-state index contributed by atoms with van der Waals surface area (Å²) in [4.78, 5) is 21.2. The van der Waals surface area contributed by atoms with Crippen molar-refractivity contribution in [1.29, 1.82) is 0 Å². The van der Waals surface area contributed by atoms with Crippen LogP contribution in [-0.2, 0) is 11.3 Å². The molecule has 0 radical (unpaired) electrons. The number of ether oxygens (including phenoxy) is 2. The number of hydrogen-bond acceptors (Lipinski definition) is 5. The van der Waals surface area contributed by atoms with Crippen LogP contribution in [0.2, 0.25) is 0 Å². The monoisotopic (exact) mass is 319 g/mol. The zero-order valence-electron chi connectivity index (χ0n) is 14.5. The molecule has 2 rings (SSSR count). The summed E-state index contributed by atoms with van der Waals surface area (Å²) >= 11 is 0. The molecular weight excluding hydrogens is 294 g/mol. The van der Waals surface area contributed by atoms with Crippen molar-refractivity contribution in [3.63, 3.8) is 0 Å². The molecule has 23 heavy (non-hydrogen) atoms. The summed E-state index contributed by atoms with van der Waals surface area (Å²) in [6.07, 6.45) is 2.65. The maximum absolute atomic E-state index is 12.3. The summed E-state index contributed by atoms with van der Waals surface area (Å²) in [5.74, 6) is 0.670. The molecule has 0 aromatic carbocycles. The summed E-state index contributed by atoms with van der Waals surface area (Å²) in [7, 11) is 0. The second-order valence-corrected chi connectivity index (χ2v) is 5.86. The molecule has 2 heterocycles. The van der Waals surface area contributed by atoms with Crippen molar-refractivity contribution >= 4 is 17.0 Å². The molecule has 0 aliphatic rings. The lowest BCUT2D eigenvalue weighted by molar-refractivity contribution is 0.0527. The molecule has 0 unspecified atom stereocenters. The van der Waals surface area contributed by atoms with Gasteiger partial charge in [-0.3, -0.25) is 0 Å². The van der Waals surface area contributed by atoms with Gasteiger partial charge in [-0.1, -0.05) is 13.8 Å². The van der Waals surface area contributed by atoms with Crippen LogP contribution in [0.4, 0.5) is 0 Å². The minimum absolute atomic E-state index is 0.326. The van der Waals surface area contributed by atoms with E-state index in [1.807, 2.05) is 11.5 Å². The van der Waals surface area contributed by atoms with Gasteiger partial charge in [-0.05, 0) is 33.1 Å². The van der Waals surface area contributed by atoms with Gasteiger partial charge in [0.15, 0.2) is 5.52 Å². The van der Waals surface area contributed by atoms with Gasteiger partial charge in [-0.25, -0.2) is 14.8 Å². The number of fused-ring (bicyclic) bond motifs is 1. The predicted molar refractivity (Wildman–Crippen MR) is 88.8 cm³/mol. The van der Waals surface area contributed by atoms with Crippen LogP contribution < -0.4 is 4.74 Å². The molecule has 0 bridgehead atoms. The standard InChI is InChI=1S/C17H25N3O3/c1-6-20-10-18-14-15(20)13(17(21)22-7-2)12(5)19-16(14)23-9-8-11(3)4/h10-11H,6-9H2,1-5H3. The van der Waals surface area contributed by atoms with Crippen LogP contribution in [0.3, 0.4) is 0 Å². The quantitative estimate of drug-likeness (QED) is 0.732. The first-order chi connectivity index (χ1) is 11.0. The predicted octanol–water partition coefficient (Wildman–Crippen LogP) is 3.36. The average molecular weight is 319 g/mol. The average Bonchev–Trinajstić information content (AvgIpc) is 2.90. The van der Waals surface area contributed by atoms with Crippen LogP contribution in [0.25, 0.3) is 11.0 Å². The van der Waals surface area contributed by atoms with E-state index < -0.39 is 0 Å². The molecule has 0 spiro atoms. The van der Waals surface area contributed by atoms with Crippen molar-refractivity contribution in [3.8, 4) is 5.88 Å². The molecular formula is C17H25N3O3. The number of esters is 1. The van der Waals surface area contributed by atoms with Crippen molar-refractivity contribution in [2.75, 3.05) is 13.2 Å². The van der Waals surface area contributed by atoms with Crippen molar-refractivity contribution in [1.82, 2.24) is 14.5 Å². The van der Waals surface area contributed by atoms with Crippen LogP contribution in [0.15, 0.2) is 6.33 Å². The zero-order valence-corrected chi connectivity index (χ0v) is 14.5. The Kier molecular flexibility index (Phi) is 5.58. The third kappa shape index (κ3) is 3.63. The van der Waals surface area contributed by atoms with Crippen LogP contribution >= 0.6 is 0 Å². The van der Waals surface area contributed by atoms with Crippen molar-refractivity contribution < 1.29 is 14.3 Å². The molecule has 6 heteroatoms. The Bertz CT molecular complexity index is 692. The Hall–Kier alpha value is -2.11. The molecule has 0 fully saturated rings. The van der Waals surface area contributed by atoms with Gasteiger partial charge in [0, 0.05) is 6.54 Å². The number of pyridine rings is 1. The number of imidazole rings is 1. The Morgan fingerprint density at radius 2 is 2.09 bits per heavy atom. The second-order valence-electron chi connectivity index (χ2n) is 5.86. The minimum atomic E-state index is -0.369. The van der Waals surface area contributed by atoms with Gasteiger partial charge in [0.25, 0.3) is 0 Å². The lowest BCUT2D eigenvalue weighted by Gasteiger charge is -2.13. The fourth-order valence-corrected chi connectivity index (χ4v) is 2.41. The number of hydrogen-bond donors (Lipinski definition) is 0. The Labute approximate surface area is 136 Å². The maximum Gasteiger partial charge on any atom is 0.342 e. The van der Waals surface area contributed by atoms with Crippen LogP contribution in [0, 0.1) is 12.8 Å². The summed E-state index contributed by atoms with van der Waals surface area (Å²) in [5.41, 5.74) is 2.42. The summed E-state index contributed by atoms with van der Waals surface area (Å²) in [5, 5.41) is 0. The van der Waals surface area contributed by atoms with Crippen molar-refractivity contribution in [3.05, 3.63) is 17.6 Å². The van der Waals surface area contributed by atoms with Gasteiger partial charge < -0.3 is 14.0 Å². The number of rotatable bonds is 7. The first-order valence-corrected chi connectivity index (χ1v) is 8.14. The minimum Gasteiger partial charge on any atom is -0.476 e. The van der Waals surface area contributed by atoms with Crippen LogP contribution in [0.1, 0.15) is 50.2 Å². The lowest BCUT2D eigenvalue weighted by atomic mass is 10.1. The third-order valence-corrected chi connectivity index (χ3v) is 3.66. The smallest absolute Gasteiger partial charge is 0.342 e. The van der Waals surface area contributed by atoms with Crippen LogP contribution in [0.5, 0.6) is 5.88 Å². The van der Waals surface area contributed by atoms with Gasteiger partial charge >= 0.3 is 5.97 Å². The molecule has 0 aliphatic heterocycles. The van der Waals surface area contributed by atoms with E-state index in [1.165, 1.54) is 0 Å². The summed E-state index contributed by atoms with van der Waals surface area (Å²) < 4.78 is 12.9. The summed E-state index contributed by atoms with van der Waals surface area (Å²) in [6.45, 7) is 11.5. The fraction of sp³-hybridized carbons (Fsp3) is 0.588. The highest BCUT2D eigenvalue weighted by atomic mass is 16.5. The first-order valence-electron chi connectivity index (χ1n) is 8.14. The van der Waals surface area contributed by atoms with Gasteiger partial charge in [-0.15, -0.1) is 0 Å². The lowest BCUT2D eigenvalue weighted by Crippen LogP contribution is -2.12. The SMILES string of the molecule is CCOC(=O)c1c(C)nc(OCCC(C)C)c2ncn(CC)c12. The Balaban J connectivity index is 2.50. The molecule has 0 N–H and O–H groups in total. The van der Waals surface area contributed by atoms with E-state index in [2.05, 4.69) is 23.8 Å². The van der Waals surface area contributed by atoms with Gasteiger partial charge in [0.1, 0.15) is 5.56 Å². The number of nitrogens with zero attached hydrogens (tertiary/aromatic N) is 3. The molecule has 6 nitrogen and oxygen atoms in total. The van der Waals surface area contributed by atoms with E-state index in [9.17, 15) is 4.79 Å². The number of carbonyl (C=O) groups is 1. The van der Waals surface area contributed by atoms with E-state index in [-0.39, 0.29) is 5.97 Å². The molecule has 0 atom stereocenters. The molecule has 0 saturated carbocycles. The van der Waals surface area contributed by atoms with E-state index >= 15 is 0 Å². The fourth-order valence-electron chi connectivity index (χ4n) is 2.41. The van der Waals surface area contributed by atoms with E-state index in [0.29, 0.717) is 48.3 Å². The Morgan fingerprint density at radius 1 is 1.35 bits per heavy atom. The second kappa shape index (κ2) is 7.44. The molecule has 126 valence electrons. The van der Waals surface area contributed by atoms with E-state index in [0.717, 1.165) is 11.9 Å². The van der Waals surface area contributed by atoms with Crippen LogP contribution in [-0.4, -0.2) is 33.7 Å². The maximum atomic E-state index is 12.3. The summed E-state index contributed by atoms with van der Waals surface area (Å²) in [6, 6.07) is 0. The zero-order chi connectivity index (χ0) is 17.0. The van der Waals surface area contributed by atoms with Crippen molar-refractivity contribution in [2.24, 2.45) is 5.92 Å². The molecule has 0 amide bonds. The number of aromatic nitrogens is 3. The molecule has 0 saturated heterocycles. The third-order valence-electron chi connectivity index (χ3n) is 3.66. The number of carbonyl (C=O) groups excluding carboxylic acids is 1. The first kappa shape index (κ1) is 17.2. The Morgan fingerprint density at radius 3 is 2.70 bits per heavy atom. The highest BCUT2D eigenvalue weighted by Crippen LogP contribution is 2.28. The largest absolute Gasteiger partial charge is 0.476 e. The highest BCUT2D eigenvalue weighted by molar-refractivity contribution is 6.04. The van der Waals surface area contributed by atoms with Gasteiger partial charge in [-0.2, -0.15) is 0 Å². The van der Waals surface area contributed by atoms with Gasteiger partial charge in [0.05, 0.1) is 30.8 Å². The molecule has 2 aromatic rings. The normalized spacial score (nSPS) is 11.2. The van der Waals surface area contributed by atoms with Crippen molar-refractivity contribution in [2.45, 2.75) is 47.6 Å². The topological polar surface area (TPSA) is 66.2 Å². The number of aryl methyl sites for hydroxylation is 2. The highest BCUT2D eigenvalue weighted by Gasteiger charge is 2.23. The molecule has 2 aromatic heterocycles. The molecule has 0 aliphatic carbocycles.